The predicted molar refractivity (Wildman–Crippen MR) is 89.9 cm³/mol. The van der Waals surface area contributed by atoms with Gasteiger partial charge in [0.25, 0.3) is 0 Å². The van der Waals surface area contributed by atoms with Crippen LogP contribution in [-0.4, -0.2) is 18.8 Å². The largest absolute Gasteiger partial charge is 0.316 e. The molecule has 0 aliphatic heterocycles. The Morgan fingerprint density at radius 3 is 2.52 bits per heavy atom. The molecular formula is C17H19ClFNS. The van der Waals surface area contributed by atoms with Crippen LogP contribution in [0.2, 0.25) is 5.02 Å². The molecule has 0 bridgehead atoms. The van der Waals surface area contributed by atoms with E-state index in [0.717, 1.165) is 17.7 Å². The zero-order valence-corrected chi connectivity index (χ0v) is 13.8. The van der Waals surface area contributed by atoms with E-state index in [1.165, 1.54) is 16.5 Å². The maximum Gasteiger partial charge on any atom is 0.141 e. The van der Waals surface area contributed by atoms with Crippen LogP contribution in [0.25, 0.3) is 0 Å². The summed E-state index contributed by atoms with van der Waals surface area (Å²) in [6.45, 7) is 2.09. The van der Waals surface area contributed by atoms with Crippen LogP contribution in [0.5, 0.6) is 0 Å². The molecule has 1 atom stereocenters. The zero-order chi connectivity index (χ0) is 15.2. The van der Waals surface area contributed by atoms with Crippen LogP contribution in [0, 0.1) is 12.7 Å². The van der Waals surface area contributed by atoms with E-state index >= 15 is 0 Å². The fourth-order valence-corrected chi connectivity index (χ4v) is 3.24. The highest BCUT2D eigenvalue weighted by Gasteiger charge is 2.10. The van der Waals surface area contributed by atoms with Crippen LogP contribution in [0.4, 0.5) is 4.39 Å². The van der Waals surface area contributed by atoms with Crippen LogP contribution < -0.4 is 5.32 Å². The van der Waals surface area contributed by atoms with Gasteiger partial charge in [-0.25, -0.2) is 4.39 Å². The monoisotopic (exact) mass is 323 g/mol. The molecule has 21 heavy (non-hydrogen) atoms. The number of thioether (sulfide) groups is 1. The summed E-state index contributed by atoms with van der Waals surface area (Å²) in [5.41, 5.74) is 2.32. The molecule has 1 unspecified atom stereocenters. The maximum atomic E-state index is 13.2. The van der Waals surface area contributed by atoms with Crippen LogP contribution >= 0.6 is 23.4 Å². The van der Waals surface area contributed by atoms with Crippen LogP contribution in [0.15, 0.2) is 47.4 Å². The summed E-state index contributed by atoms with van der Waals surface area (Å²) >= 11 is 7.65. The van der Waals surface area contributed by atoms with Crippen LogP contribution in [0.3, 0.4) is 0 Å². The molecule has 0 radical (unpaired) electrons. The Morgan fingerprint density at radius 2 is 1.90 bits per heavy atom. The second kappa shape index (κ2) is 7.83. The molecule has 0 saturated heterocycles. The second-order valence-electron chi connectivity index (χ2n) is 5.06. The van der Waals surface area contributed by atoms with Crippen molar-refractivity contribution in [3.63, 3.8) is 0 Å². The molecule has 0 fully saturated rings. The van der Waals surface area contributed by atoms with Gasteiger partial charge in [-0.05, 0) is 50.2 Å². The first-order valence-electron chi connectivity index (χ1n) is 6.89. The molecular weight excluding hydrogens is 305 g/mol. The molecule has 2 aromatic rings. The molecule has 112 valence electrons. The number of rotatable bonds is 6. The maximum absolute atomic E-state index is 13.2. The smallest absolute Gasteiger partial charge is 0.141 e. The highest BCUT2D eigenvalue weighted by Crippen LogP contribution is 2.21. The molecule has 2 rings (SSSR count). The number of hydrogen-bond acceptors (Lipinski definition) is 2. The van der Waals surface area contributed by atoms with Crippen molar-refractivity contribution in [3.8, 4) is 0 Å². The first-order valence-corrected chi connectivity index (χ1v) is 8.25. The first kappa shape index (κ1) is 16.3. The Kier molecular flexibility index (Phi) is 6.09. The number of hydrogen-bond donors (Lipinski definition) is 1. The van der Waals surface area contributed by atoms with E-state index in [-0.39, 0.29) is 10.8 Å². The minimum Gasteiger partial charge on any atom is -0.316 e. The van der Waals surface area contributed by atoms with Crippen molar-refractivity contribution in [2.45, 2.75) is 24.3 Å². The molecule has 0 aliphatic carbocycles. The summed E-state index contributed by atoms with van der Waals surface area (Å²) in [4.78, 5) is 1.26. The van der Waals surface area contributed by atoms with Crippen molar-refractivity contribution in [1.29, 1.82) is 0 Å². The summed E-state index contributed by atoms with van der Waals surface area (Å²) in [6, 6.07) is 13.8. The van der Waals surface area contributed by atoms with Crippen molar-refractivity contribution in [2.75, 3.05) is 12.8 Å². The standard InChI is InChI=1S/C17H19ClFNS/c1-12-3-6-15(7-4-12)21-11-14(20-2)9-13-5-8-17(19)16(18)10-13/h3-8,10,14,20H,9,11H2,1-2H3. The lowest BCUT2D eigenvalue weighted by molar-refractivity contribution is 0.610. The summed E-state index contributed by atoms with van der Waals surface area (Å²) < 4.78 is 13.2. The third-order valence-corrected chi connectivity index (χ3v) is 4.81. The van der Waals surface area contributed by atoms with E-state index < -0.39 is 0 Å². The lowest BCUT2D eigenvalue weighted by atomic mass is 10.1. The number of halogens is 2. The minimum atomic E-state index is -0.365. The van der Waals surface area contributed by atoms with E-state index in [2.05, 4.69) is 36.5 Å². The predicted octanol–water partition coefficient (Wildman–Crippen LogP) is 4.71. The Hall–Kier alpha value is -1.03. The van der Waals surface area contributed by atoms with Gasteiger partial charge in [0, 0.05) is 16.7 Å². The van der Waals surface area contributed by atoms with Gasteiger partial charge in [0.2, 0.25) is 0 Å². The van der Waals surface area contributed by atoms with Crippen LogP contribution in [-0.2, 0) is 6.42 Å². The number of likely N-dealkylation sites (N-methyl/N-ethyl adjacent to an activating group) is 1. The summed E-state index contributed by atoms with van der Waals surface area (Å²) in [5.74, 6) is 0.588. The third-order valence-electron chi connectivity index (χ3n) is 3.35. The number of aryl methyl sites for hydroxylation is 1. The third kappa shape index (κ3) is 5.03. The fourth-order valence-electron chi connectivity index (χ4n) is 2.03. The highest BCUT2D eigenvalue weighted by molar-refractivity contribution is 7.99. The van der Waals surface area contributed by atoms with Gasteiger partial charge in [0.05, 0.1) is 5.02 Å². The number of nitrogens with one attached hydrogen (secondary N) is 1. The first-order chi connectivity index (χ1) is 10.1. The normalized spacial score (nSPS) is 12.4. The molecule has 2 aromatic carbocycles. The summed E-state index contributed by atoms with van der Waals surface area (Å²) in [6.07, 6.45) is 0.829. The van der Waals surface area contributed by atoms with E-state index in [1.807, 2.05) is 18.8 Å². The van der Waals surface area contributed by atoms with Crippen molar-refractivity contribution in [2.24, 2.45) is 0 Å². The molecule has 0 amide bonds. The molecule has 1 N–H and O–H groups in total. The van der Waals surface area contributed by atoms with Crippen molar-refractivity contribution >= 4 is 23.4 Å². The fraction of sp³-hybridized carbons (Fsp3) is 0.294. The van der Waals surface area contributed by atoms with Crippen molar-refractivity contribution in [1.82, 2.24) is 5.32 Å². The van der Waals surface area contributed by atoms with Gasteiger partial charge < -0.3 is 5.32 Å². The molecule has 0 aliphatic rings. The lowest BCUT2D eigenvalue weighted by Gasteiger charge is -2.16. The van der Waals surface area contributed by atoms with Gasteiger partial charge in [0.1, 0.15) is 5.82 Å². The minimum absolute atomic E-state index is 0.188. The van der Waals surface area contributed by atoms with E-state index in [0.29, 0.717) is 6.04 Å². The molecule has 0 heterocycles. The molecule has 4 heteroatoms. The average molecular weight is 324 g/mol. The van der Waals surface area contributed by atoms with E-state index in [4.69, 9.17) is 11.6 Å². The lowest BCUT2D eigenvalue weighted by Crippen LogP contribution is -2.30. The topological polar surface area (TPSA) is 12.0 Å². The zero-order valence-electron chi connectivity index (χ0n) is 12.2. The highest BCUT2D eigenvalue weighted by atomic mass is 35.5. The molecule has 0 spiro atoms. The average Bonchev–Trinajstić information content (AvgIpc) is 2.49. The van der Waals surface area contributed by atoms with E-state index in [9.17, 15) is 4.39 Å². The SMILES string of the molecule is CNC(CSc1ccc(C)cc1)Cc1ccc(F)c(Cl)c1. The van der Waals surface area contributed by atoms with Crippen molar-refractivity contribution in [3.05, 3.63) is 64.4 Å². The molecule has 0 aromatic heterocycles. The Balaban J connectivity index is 1.93. The quantitative estimate of drug-likeness (QED) is 0.773. The van der Waals surface area contributed by atoms with Crippen LogP contribution in [0.1, 0.15) is 11.1 Å². The second-order valence-corrected chi connectivity index (χ2v) is 6.56. The van der Waals surface area contributed by atoms with Gasteiger partial charge in [-0.3, -0.25) is 0 Å². The van der Waals surface area contributed by atoms with Gasteiger partial charge in [-0.2, -0.15) is 0 Å². The van der Waals surface area contributed by atoms with Gasteiger partial charge in [-0.15, -0.1) is 11.8 Å². The summed E-state index contributed by atoms with van der Waals surface area (Å²) in [7, 11) is 1.95. The molecule has 0 saturated carbocycles. The summed E-state index contributed by atoms with van der Waals surface area (Å²) in [5, 5.41) is 3.50. The number of benzene rings is 2. The Morgan fingerprint density at radius 1 is 1.19 bits per heavy atom. The molecule has 1 nitrogen and oxygen atoms in total. The van der Waals surface area contributed by atoms with Gasteiger partial charge in [0.15, 0.2) is 0 Å². The van der Waals surface area contributed by atoms with Crippen molar-refractivity contribution < 1.29 is 4.39 Å². The Labute approximate surface area is 134 Å². The van der Waals surface area contributed by atoms with E-state index in [1.54, 1.807) is 12.1 Å². The van der Waals surface area contributed by atoms with Gasteiger partial charge in [-0.1, -0.05) is 35.4 Å². The van der Waals surface area contributed by atoms with Gasteiger partial charge >= 0.3 is 0 Å². The Bertz CT molecular complexity index is 586.